The molecule has 0 aliphatic heterocycles. The quantitative estimate of drug-likeness (QED) is 0.642. The molecule has 0 aromatic carbocycles. The van der Waals surface area contributed by atoms with E-state index in [9.17, 15) is 14.7 Å². The number of hydrogen-bond donors (Lipinski definition) is 3. The molecule has 8 heteroatoms. The molecule has 0 saturated carbocycles. The molecule has 0 unspecified atom stereocenters. The first kappa shape index (κ1) is 22.5. The molecule has 0 bridgehead atoms. The fourth-order valence-electron chi connectivity index (χ4n) is 1.70. The molecule has 0 aromatic heterocycles. The van der Waals surface area contributed by atoms with E-state index in [0.717, 1.165) is 0 Å². The summed E-state index contributed by atoms with van der Waals surface area (Å²) in [4.78, 5) is 25.1. The molecule has 8 nitrogen and oxygen atoms in total. The monoisotopic (exact) mass is 347 g/mol. The minimum Gasteiger partial charge on any atom is -0.444 e. The Kier molecular flexibility index (Phi) is 9.06. The Morgan fingerprint density at radius 1 is 1.12 bits per heavy atom. The Balaban J connectivity index is 4.51. The van der Waals surface area contributed by atoms with E-state index in [4.69, 9.17) is 15.2 Å². The van der Waals surface area contributed by atoms with Crippen molar-refractivity contribution < 1.29 is 24.2 Å². The van der Waals surface area contributed by atoms with Crippen molar-refractivity contribution in [3.63, 3.8) is 0 Å². The number of nitrogens with two attached hydrogens (primary N) is 1. The fourth-order valence-corrected chi connectivity index (χ4v) is 1.70. The van der Waals surface area contributed by atoms with Crippen LogP contribution in [-0.2, 0) is 9.47 Å². The number of nitrogens with one attached hydrogen (secondary N) is 1. The summed E-state index contributed by atoms with van der Waals surface area (Å²) in [6.07, 6.45) is -1.49. The summed E-state index contributed by atoms with van der Waals surface area (Å²) in [6.45, 7) is 11.4. The molecule has 1 atom stereocenters. The highest BCUT2D eigenvalue weighted by molar-refractivity contribution is 5.68. The van der Waals surface area contributed by atoms with E-state index in [1.54, 1.807) is 41.5 Å². The number of nitrogens with zero attached hydrogens (tertiary/aromatic N) is 1. The molecule has 0 heterocycles. The van der Waals surface area contributed by atoms with Crippen LogP contribution in [0.1, 0.15) is 48.0 Å². The third-order valence-electron chi connectivity index (χ3n) is 2.60. The third-order valence-corrected chi connectivity index (χ3v) is 2.60. The first-order valence-electron chi connectivity index (χ1n) is 8.17. The van der Waals surface area contributed by atoms with Gasteiger partial charge in [0.1, 0.15) is 11.2 Å². The first-order chi connectivity index (χ1) is 10.8. The van der Waals surface area contributed by atoms with Gasteiger partial charge in [0.05, 0.1) is 12.6 Å². The summed E-state index contributed by atoms with van der Waals surface area (Å²) in [5.41, 5.74) is 4.24. The van der Waals surface area contributed by atoms with Gasteiger partial charge < -0.3 is 30.5 Å². The van der Waals surface area contributed by atoms with E-state index in [-0.39, 0.29) is 13.1 Å². The van der Waals surface area contributed by atoms with Crippen LogP contribution < -0.4 is 11.1 Å². The number of amides is 2. The summed E-state index contributed by atoms with van der Waals surface area (Å²) in [6, 6.07) is 0. The van der Waals surface area contributed by atoms with Gasteiger partial charge in [-0.05, 0) is 54.5 Å². The second-order valence-electron chi connectivity index (χ2n) is 7.61. The Labute approximate surface area is 144 Å². The maximum absolute atomic E-state index is 12.2. The SMILES string of the molecule is CC(C)(C)OC(=O)NC[C@@H](O)CN(CCCN)C(=O)OC(C)(C)C. The van der Waals surface area contributed by atoms with Crippen LogP contribution in [0.2, 0.25) is 0 Å². The molecule has 4 N–H and O–H groups in total. The standard InChI is InChI=1S/C16H33N3O5/c1-15(2,3)23-13(21)18-10-12(20)11-19(9-7-8-17)14(22)24-16(4,5)6/h12,20H,7-11,17H2,1-6H3,(H,18,21)/t12-/m1/s1. The van der Waals surface area contributed by atoms with E-state index < -0.39 is 29.5 Å². The van der Waals surface area contributed by atoms with Crippen LogP contribution in [0, 0.1) is 0 Å². The fraction of sp³-hybridized carbons (Fsp3) is 0.875. The van der Waals surface area contributed by atoms with Crippen molar-refractivity contribution in [3.8, 4) is 0 Å². The second kappa shape index (κ2) is 9.68. The van der Waals surface area contributed by atoms with Crippen molar-refractivity contribution in [2.75, 3.05) is 26.2 Å². The van der Waals surface area contributed by atoms with Gasteiger partial charge in [-0.25, -0.2) is 9.59 Å². The molecular formula is C16H33N3O5. The lowest BCUT2D eigenvalue weighted by Crippen LogP contribution is -2.45. The lowest BCUT2D eigenvalue weighted by atomic mass is 10.2. The van der Waals surface area contributed by atoms with Gasteiger partial charge in [0, 0.05) is 13.1 Å². The number of hydrogen-bond acceptors (Lipinski definition) is 6. The molecule has 0 saturated heterocycles. The Bertz CT molecular complexity index is 401. The Morgan fingerprint density at radius 3 is 2.12 bits per heavy atom. The second-order valence-corrected chi connectivity index (χ2v) is 7.61. The molecule has 0 rings (SSSR count). The number of alkyl carbamates (subject to hydrolysis) is 1. The van der Waals surface area contributed by atoms with Crippen LogP contribution in [0.15, 0.2) is 0 Å². The normalized spacial score (nSPS) is 13.2. The zero-order chi connectivity index (χ0) is 19.0. The predicted octanol–water partition coefficient (Wildman–Crippen LogP) is 1.46. The molecule has 0 fully saturated rings. The van der Waals surface area contributed by atoms with E-state index in [1.165, 1.54) is 4.90 Å². The average Bonchev–Trinajstić information content (AvgIpc) is 2.37. The van der Waals surface area contributed by atoms with Crippen molar-refractivity contribution >= 4 is 12.2 Å². The summed E-state index contributed by atoms with van der Waals surface area (Å²) < 4.78 is 10.4. The van der Waals surface area contributed by atoms with Crippen molar-refractivity contribution in [1.82, 2.24) is 10.2 Å². The van der Waals surface area contributed by atoms with Crippen molar-refractivity contribution in [2.45, 2.75) is 65.3 Å². The minimum absolute atomic E-state index is 0.0309. The van der Waals surface area contributed by atoms with E-state index >= 15 is 0 Å². The largest absolute Gasteiger partial charge is 0.444 e. The topological polar surface area (TPSA) is 114 Å². The third kappa shape index (κ3) is 12.0. The molecule has 0 radical (unpaired) electrons. The lowest BCUT2D eigenvalue weighted by molar-refractivity contribution is 0.0139. The van der Waals surface area contributed by atoms with Crippen LogP contribution in [-0.4, -0.2) is 65.7 Å². The van der Waals surface area contributed by atoms with Crippen molar-refractivity contribution in [3.05, 3.63) is 0 Å². The van der Waals surface area contributed by atoms with E-state index in [2.05, 4.69) is 5.32 Å². The first-order valence-corrected chi connectivity index (χ1v) is 8.17. The van der Waals surface area contributed by atoms with E-state index in [1.807, 2.05) is 0 Å². The number of rotatable bonds is 7. The van der Waals surface area contributed by atoms with Gasteiger partial charge in [-0.3, -0.25) is 0 Å². The number of aliphatic hydroxyl groups excluding tert-OH is 1. The van der Waals surface area contributed by atoms with Gasteiger partial charge in [-0.15, -0.1) is 0 Å². The Morgan fingerprint density at radius 2 is 1.67 bits per heavy atom. The number of aliphatic hydroxyl groups is 1. The van der Waals surface area contributed by atoms with Crippen LogP contribution >= 0.6 is 0 Å². The maximum Gasteiger partial charge on any atom is 0.410 e. The van der Waals surface area contributed by atoms with Gasteiger partial charge in [0.2, 0.25) is 0 Å². The number of carbonyl (C=O) groups is 2. The molecule has 0 aliphatic carbocycles. The molecule has 0 aromatic rings. The zero-order valence-electron chi connectivity index (χ0n) is 15.7. The van der Waals surface area contributed by atoms with Gasteiger partial charge in [0.25, 0.3) is 0 Å². The highest BCUT2D eigenvalue weighted by Crippen LogP contribution is 2.11. The minimum atomic E-state index is -0.942. The van der Waals surface area contributed by atoms with E-state index in [0.29, 0.717) is 19.5 Å². The van der Waals surface area contributed by atoms with Crippen molar-refractivity contribution in [2.24, 2.45) is 5.73 Å². The number of carbonyl (C=O) groups excluding carboxylic acids is 2. The van der Waals surface area contributed by atoms with Gasteiger partial charge >= 0.3 is 12.2 Å². The van der Waals surface area contributed by atoms with Gasteiger partial charge in [0.15, 0.2) is 0 Å². The molecule has 142 valence electrons. The predicted molar refractivity (Wildman–Crippen MR) is 91.7 cm³/mol. The van der Waals surface area contributed by atoms with Crippen LogP contribution in [0.5, 0.6) is 0 Å². The molecule has 0 spiro atoms. The molecule has 24 heavy (non-hydrogen) atoms. The molecule has 0 aliphatic rings. The van der Waals surface area contributed by atoms with Crippen LogP contribution in [0.3, 0.4) is 0 Å². The average molecular weight is 347 g/mol. The lowest BCUT2D eigenvalue weighted by Gasteiger charge is -2.29. The van der Waals surface area contributed by atoms with Crippen LogP contribution in [0.4, 0.5) is 9.59 Å². The molecular weight excluding hydrogens is 314 g/mol. The summed E-state index contributed by atoms with van der Waals surface area (Å²) >= 11 is 0. The maximum atomic E-state index is 12.2. The number of ether oxygens (including phenoxy) is 2. The highest BCUT2D eigenvalue weighted by atomic mass is 16.6. The van der Waals surface area contributed by atoms with Gasteiger partial charge in [-0.1, -0.05) is 0 Å². The summed E-state index contributed by atoms with van der Waals surface area (Å²) in [7, 11) is 0. The van der Waals surface area contributed by atoms with Crippen LogP contribution in [0.25, 0.3) is 0 Å². The summed E-state index contributed by atoms with van der Waals surface area (Å²) in [5, 5.41) is 12.5. The summed E-state index contributed by atoms with van der Waals surface area (Å²) in [5.74, 6) is 0. The highest BCUT2D eigenvalue weighted by Gasteiger charge is 2.24. The Hall–Kier alpha value is -1.54. The molecule has 2 amide bonds. The van der Waals surface area contributed by atoms with Crippen molar-refractivity contribution in [1.29, 1.82) is 0 Å². The zero-order valence-corrected chi connectivity index (χ0v) is 15.7. The smallest absolute Gasteiger partial charge is 0.410 e. The van der Waals surface area contributed by atoms with Gasteiger partial charge in [-0.2, -0.15) is 0 Å².